The molecule has 3 aromatic carbocycles. The highest BCUT2D eigenvalue weighted by Gasteiger charge is 2.22. The molecule has 0 spiro atoms. The number of methoxy groups -OCH3 is 1. The molecular formula is C31H29ClFN7O7. The van der Waals surface area contributed by atoms with Crippen LogP contribution in [0.4, 0.5) is 15.8 Å². The van der Waals surface area contributed by atoms with Crippen molar-refractivity contribution in [2.75, 3.05) is 37.6 Å². The maximum Gasteiger partial charge on any atom is 0.335 e. The maximum absolute atomic E-state index is 15.0. The third-order valence-corrected chi connectivity index (χ3v) is 6.77. The minimum atomic E-state index is -1.14. The lowest BCUT2D eigenvalue weighted by atomic mass is 10.0. The molecule has 0 saturated heterocycles. The smallest absolute Gasteiger partial charge is 0.335 e. The number of nitrogens with zero attached hydrogens (tertiary/aromatic N) is 4. The van der Waals surface area contributed by atoms with Gasteiger partial charge >= 0.3 is 5.97 Å². The first-order chi connectivity index (χ1) is 22.6. The summed E-state index contributed by atoms with van der Waals surface area (Å²) in [6, 6.07) is 13.8. The molecule has 0 bridgehead atoms. The van der Waals surface area contributed by atoms with Crippen LogP contribution in [0.1, 0.15) is 21.5 Å². The van der Waals surface area contributed by atoms with Crippen molar-refractivity contribution in [3.05, 3.63) is 101 Å². The number of carboxylic acid groups (broad SMARTS) is 1. The Balaban J connectivity index is 1.50. The third kappa shape index (κ3) is 9.99. The average Bonchev–Trinajstić information content (AvgIpc) is 3.59. The van der Waals surface area contributed by atoms with Crippen molar-refractivity contribution < 1.29 is 38.1 Å². The molecule has 0 radical (unpaired) electrons. The highest BCUT2D eigenvalue weighted by molar-refractivity contribution is 6.31. The zero-order valence-corrected chi connectivity index (χ0v) is 25.6. The van der Waals surface area contributed by atoms with Gasteiger partial charge in [0.15, 0.2) is 5.82 Å². The molecule has 3 amide bonds. The van der Waals surface area contributed by atoms with Gasteiger partial charge in [0.1, 0.15) is 19.0 Å². The highest BCUT2D eigenvalue weighted by atomic mass is 35.5. The van der Waals surface area contributed by atoms with Crippen LogP contribution in [0.5, 0.6) is 0 Å². The number of halogens is 2. The van der Waals surface area contributed by atoms with Crippen molar-refractivity contribution in [1.29, 1.82) is 0 Å². The Labute approximate surface area is 272 Å². The Kier molecular flexibility index (Phi) is 12.2. The van der Waals surface area contributed by atoms with Crippen LogP contribution in [0.15, 0.2) is 73.1 Å². The van der Waals surface area contributed by atoms with Gasteiger partial charge in [-0.25, -0.2) is 9.18 Å². The lowest BCUT2D eigenvalue weighted by molar-refractivity contribution is -0.123. The fourth-order valence-electron chi connectivity index (χ4n) is 4.16. The maximum atomic E-state index is 15.0. The van der Waals surface area contributed by atoms with Crippen LogP contribution in [0.2, 0.25) is 5.02 Å². The van der Waals surface area contributed by atoms with Gasteiger partial charge in [-0.3, -0.25) is 14.4 Å². The van der Waals surface area contributed by atoms with Gasteiger partial charge in [-0.2, -0.15) is 4.68 Å². The number of anilines is 2. The Bertz CT molecular complexity index is 1730. The summed E-state index contributed by atoms with van der Waals surface area (Å²) in [5, 5.41) is 27.8. The second-order valence-corrected chi connectivity index (χ2v) is 10.2. The first-order valence-corrected chi connectivity index (χ1v) is 14.3. The van der Waals surface area contributed by atoms with Crippen LogP contribution in [-0.4, -0.2) is 82.0 Å². The lowest BCUT2D eigenvalue weighted by Gasteiger charge is -2.18. The van der Waals surface area contributed by atoms with E-state index in [1.54, 1.807) is 24.3 Å². The number of rotatable bonds is 15. The number of benzene rings is 3. The first kappa shape index (κ1) is 34.4. The quantitative estimate of drug-likeness (QED) is 0.109. The monoisotopic (exact) mass is 665 g/mol. The van der Waals surface area contributed by atoms with Gasteiger partial charge in [-0.15, -0.1) is 5.10 Å². The molecular weight excluding hydrogens is 637 g/mol. The summed E-state index contributed by atoms with van der Waals surface area (Å²) in [5.41, 5.74) is 1.60. The van der Waals surface area contributed by atoms with Gasteiger partial charge in [0, 0.05) is 36.5 Å². The Hall–Kier alpha value is -5.51. The molecule has 1 aromatic heterocycles. The standard InChI is InChI=1S/C31H29ClFN7O7/c1-46-14-15-47-17-28(42)35-21-6-2-19(3-7-21)16-25(30(43)36-22-8-4-20(5-9-22)31(44)45)37-27(41)13-10-23-26(40-18-34-38-39-40)12-11-24(32)29(23)33/h2-13,18,25H,14-17H2,1H3,(H,35,42)(H,36,43)(H,37,41)(H,44,45)/b13-10+. The summed E-state index contributed by atoms with van der Waals surface area (Å²) in [7, 11) is 1.52. The Morgan fingerprint density at radius 1 is 1.00 bits per heavy atom. The number of amides is 3. The molecule has 244 valence electrons. The molecule has 4 aromatic rings. The number of aromatic nitrogens is 4. The minimum Gasteiger partial charge on any atom is -0.478 e. The van der Waals surface area contributed by atoms with E-state index in [4.69, 9.17) is 26.2 Å². The Morgan fingerprint density at radius 3 is 2.36 bits per heavy atom. The van der Waals surface area contributed by atoms with Crippen LogP contribution in [0, 0.1) is 5.82 Å². The predicted molar refractivity (Wildman–Crippen MR) is 169 cm³/mol. The predicted octanol–water partition coefficient (Wildman–Crippen LogP) is 3.13. The van der Waals surface area contributed by atoms with Crippen molar-refractivity contribution in [2.24, 2.45) is 0 Å². The van der Waals surface area contributed by atoms with Crippen molar-refractivity contribution >= 4 is 52.7 Å². The van der Waals surface area contributed by atoms with Gasteiger partial charge < -0.3 is 30.5 Å². The largest absolute Gasteiger partial charge is 0.478 e. The summed E-state index contributed by atoms with van der Waals surface area (Å²) in [5.74, 6) is -3.64. The molecule has 0 aliphatic heterocycles. The molecule has 47 heavy (non-hydrogen) atoms. The Morgan fingerprint density at radius 2 is 1.70 bits per heavy atom. The topological polar surface area (TPSA) is 187 Å². The molecule has 1 atom stereocenters. The fourth-order valence-corrected chi connectivity index (χ4v) is 4.33. The highest BCUT2D eigenvalue weighted by Crippen LogP contribution is 2.25. The summed E-state index contributed by atoms with van der Waals surface area (Å²) in [6.45, 7) is 0.470. The summed E-state index contributed by atoms with van der Waals surface area (Å²) in [4.78, 5) is 49.8. The van der Waals surface area contributed by atoms with E-state index in [9.17, 15) is 23.6 Å². The number of hydrogen-bond acceptors (Lipinski definition) is 9. The van der Waals surface area contributed by atoms with Crippen LogP contribution >= 0.6 is 11.6 Å². The van der Waals surface area contributed by atoms with E-state index >= 15 is 0 Å². The van der Waals surface area contributed by atoms with E-state index in [-0.39, 0.29) is 47.4 Å². The second-order valence-electron chi connectivity index (χ2n) is 9.81. The number of nitrogens with one attached hydrogen (secondary N) is 3. The summed E-state index contributed by atoms with van der Waals surface area (Å²) in [6.07, 6.45) is 3.49. The van der Waals surface area contributed by atoms with Gasteiger partial charge in [0.05, 0.1) is 29.5 Å². The summed E-state index contributed by atoms with van der Waals surface area (Å²) < 4.78 is 26.2. The first-order valence-electron chi connectivity index (χ1n) is 13.9. The molecule has 1 unspecified atom stereocenters. The zero-order chi connectivity index (χ0) is 33.8. The average molecular weight is 666 g/mol. The molecule has 0 aliphatic rings. The molecule has 4 N–H and O–H groups in total. The number of carboxylic acids is 1. The van der Waals surface area contributed by atoms with Gasteiger partial charge in [0.2, 0.25) is 17.7 Å². The van der Waals surface area contributed by atoms with Crippen molar-refractivity contribution in [3.8, 4) is 5.69 Å². The molecule has 1 heterocycles. The van der Waals surface area contributed by atoms with E-state index in [1.165, 1.54) is 60.6 Å². The minimum absolute atomic E-state index is 0.0222. The third-order valence-electron chi connectivity index (χ3n) is 6.48. The van der Waals surface area contributed by atoms with Crippen LogP contribution in [0.3, 0.4) is 0 Å². The van der Waals surface area contributed by atoms with Crippen molar-refractivity contribution in [3.63, 3.8) is 0 Å². The van der Waals surface area contributed by atoms with Gasteiger partial charge in [-0.1, -0.05) is 23.7 Å². The van der Waals surface area contributed by atoms with E-state index < -0.39 is 29.6 Å². The van der Waals surface area contributed by atoms with Gasteiger partial charge in [0.25, 0.3) is 0 Å². The number of aromatic carboxylic acids is 1. The van der Waals surface area contributed by atoms with Crippen LogP contribution in [-0.2, 0) is 30.3 Å². The number of carbonyl (C=O) groups excluding carboxylic acids is 3. The molecule has 0 fully saturated rings. The SMILES string of the molecule is COCCOCC(=O)Nc1ccc(CC(NC(=O)/C=C/c2c(-n3cnnn3)ccc(Cl)c2F)C(=O)Nc2ccc(C(=O)O)cc2)cc1. The molecule has 0 aliphatic carbocycles. The number of carbonyl (C=O) groups is 4. The normalized spacial score (nSPS) is 11.6. The van der Waals surface area contributed by atoms with E-state index in [0.29, 0.717) is 23.5 Å². The fraction of sp³-hybridized carbons (Fsp3) is 0.194. The van der Waals surface area contributed by atoms with E-state index in [2.05, 4.69) is 31.5 Å². The zero-order valence-electron chi connectivity index (χ0n) is 24.9. The lowest BCUT2D eigenvalue weighted by Crippen LogP contribution is -2.44. The van der Waals surface area contributed by atoms with Crippen molar-refractivity contribution in [1.82, 2.24) is 25.5 Å². The van der Waals surface area contributed by atoms with Crippen LogP contribution < -0.4 is 16.0 Å². The number of tetrazole rings is 1. The van der Waals surface area contributed by atoms with Crippen molar-refractivity contribution in [2.45, 2.75) is 12.5 Å². The molecule has 16 heteroatoms. The number of hydrogen-bond donors (Lipinski definition) is 4. The molecule has 4 rings (SSSR count). The number of ether oxygens (including phenoxy) is 2. The molecule has 0 saturated carbocycles. The van der Waals surface area contributed by atoms with Gasteiger partial charge in [-0.05, 0) is 70.6 Å². The second kappa shape index (κ2) is 16.7. The van der Waals surface area contributed by atoms with E-state index in [0.717, 1.165) is 6.08 Å². The molecule has 14 nitrogen and oxygen atoms in total. The summed E-state index contributed by atoms with van der Waals surface area (Å²) >= 11 is 5.97. The van der Waals surface area contributed by atoms with Crippen LogP contribution in [0.25, 0.3) is 11.8 Å². The van der Waals surface area contributed by atoms with E-state index in [1.807, 2.05) is 0 Å².